The molecule has 0 saturated carbocycles. The predicted octanol–water partition coefficient (Wildman–Crippen LogP) is 3.51. The van der Waals surface area contributed by atoms with Crippen LogP contribution >= 0.6 is 0 Å². The maximum atomic E-state index is 12.1. The molecule has 0 aliphatic rings. The molecule has 4 rings (SSSR count). The Morgan fingerprint density at radius 2 is 1.85 bits per heavy atom. The van der Waals surface area contributed by atoms with Crippen LogP contribution in [0.1, 0.15) is 19.9 Å². The van der Waals surface area contributed by atoms with Gasteiger partial charge < -0.3 is 5.11 Å². The van der Waals surface area contributed by atoms with Gasteiger partial charge in [0.05, 0.1) is 22.8 Å². The van der Waals surface area contributed by atoms with Crippen molar-refractivity contribution in [2.24, 2.45) is 0 Å². The number of benzene rings is 1. The van der Waals surface area contributed by atoms with E-state index in [2.05, 4.69) is 10.2 Å². The van der Waals surface area contributed by atoms with Crippen molar-refractivity contribution in [1.29, 1.82) is 0 Å². The molecule has 0 radical (unpaired) electrons. The van der Waals surface area contributed by atoms with Crippen LogP contribution in [0.2, 0.25) is 0 Å². The van der Waals surface area contributed by atoms with Gasteiger partial charge in [-0.15, -0.1) is 0 Å². The molecule has 26 heavy (non-hydrogen) atoms. The molecular weight excluding hydrogens is 328 g/mol. The van der Waals surface area contributed by atoms with Crippen LogP contribution in [0.3, 0.4) is 0 Å². The molecule has 4 aromatic rings. The molecule has 0 aliphatic heterocycles. The minimum Gasteiger partial charge on any atom is -0.508 e. The number of phenols is 1. The van der Waals surface area contributed by atoms with Crippen molar-refractivity contribution in [2.45, 2.75) is 19.9 Å². The summed E-state index contributed by atoms with van der Waals surface area (Å²) in [6.07, 6.45) is 1.86. The Hall–Kier alpha value is -3.41. The van der Waals surface area contributed by atoms with Gasteiger partial charge in [-0.1, -0.05) is 18.2 Å². The van der Waals surface area contributed by atoms with Gasteiger partial charge in [-0.05, 0) is 44.2 Å². The lowest BCUT2D eigenvalue weighted by Crippen LogP contribution is -2.23. The number of hydrogen-bond donors (Lipinski definition) is 1. The second kappa shape index (κ2) is 6.15. The van der Waals surface area contributed by atoms with Crippen molar-refractivity contribution >= 4 is 5.52 Å². The van der Waals surface area contributed by atoms with Crippen molar-refractivity contribution < 1.29 is 5.11 Å². The molecule has 0 spiro atoms. The van der Waals surface area contributed by atoms with E-state index in [9.17, 15) is 9.90 Å². The molecule has 0 atom stereocenters. The Morgan fingerprint density at radius 3 is 2.62 bits per heavy atom. The monoisotopic (exact) mass is 346 g/mol. The van der Waals surface area contributed by atoms with Gasteiger partial charge in [0.2, 0.25) is 0 Å². The lowest BCUT2D eigenvalue weighted by molar-refractivity contribution is 0.475. The van der Waals surface area contributed by atoms with E-state index in [4.69, 9.17) is 0 Å². The highest BCUT2D eigenvalue weighted by atomic mass is 16.3. The maximum Gasteiger partial charge on any atom is 0.267 e. The first-order chi connectivity index (χ1) is 12.5. The fourth-order valence-corrected chi connectivity index (χ4v) is 3.04. The van der Waals surface area contributed by atoms with Gasteiger partial charge in [-0.2, -0.15) is 10.2 Å². The van der Waals surface area contributed by atoms with Crippen LogP contribution in [-0.2, 0) is 0 Å². The van der Waals surface area contributed by atoms with Crippen LogP contribution in [0.5, 0.6) is 5.75 Å². The van der Waals surface area contributed by atoms with E-state index in [0.717, 1.165) is 16.6 Å². The third-order valence-corrected chi connectivity index (χ3v) is 4.23. The van der Waals surface area contributed by atoms with Gasteiger partial charge in [0.25, 0.3) is 5.56 Å². The molecule has 3 heterocycles. The van der Waals surface area contributed by atoms with Gasteiger partial charge in [0.15, 0.2) is 0 Å². The molecule has 0 amide bonds. The molecule has 1 aromatic carbocycles. The average Bonchev–Trinajstić information content (AvgIpc) is 3.01. The highest BCUT2D eigenvalue weighted by Crippen LogP contribution is 2.34. The molecule has 0 unspecified atom stereocenters. The Balaban J connectivity index is 2.04. The summed E-state index contributed by atoms with van der Waals surface area (Å²) in [5, 5.41) is 19.1. The minimum atomic E-state index is -0.140. The standard InChI is InChI=1S/C20H18N4O2/c1-13(2)24-18(26)10-9-16(21-24)19-17-8-3-4-11-23(17)22-20(19)14-6-5-7-15(25)12-14/h3-13,25H,1-2H3. The summed E-state index contributed by atoms with van der Waals surface area (Å²) >= 11 is 0. The molecule has 6 nitrogen and oxygen atoms in total. The molecule has 0 fully saturated rings. The van der Waals surface area contributed by atoms with Crippen LogP contribution in [0, 0.1) is 0 Å². The molecule has 130 valence electrons. The van der Waals surface area contributed by atoms with Crippen LogP contribution in [-0.4, -0.2) is 24.5 Å². The van der Waals surface area contributed by atoms with Crippen molar-refractivity contribution in [1.82, 2.24) is 19.4 Å². The Labute approximate surface area is 150 Å². The van der Waals surface area contributed by atoms with Crippen molar-refractivity contribution in [3.8, 4) is 28.3 Å². The number of nitrogens with zero attached hydrogens (tertiary/aromatic N) is 4. The van der Waals surface area contributed by atoms with Crippen molar-refractivity contribution in [3.63, 3.8) is 0 Å². The number of aromatic hydroxyl groups is 1. The molecule has 1 N–H and O–H groups in total. The smallest absolute Gasteiger partial charge is 0.267 e. The van der Waals surface area contributed by atoms with E-state index in [1.807, 2.05) is 44.3 Å². The summed E-state index contributed by atoms with van der Waals surface area (Å²) in [6.45, 7) is 3.84. The topological polar surface area (TPSA) is 72.4 Å². The zero-order valence-corrected chi connectivity index (χ0v) is 14.5. The first-order valence-corrected chi connectivity index (χ1v) is 8.41. The average molecular weight is 346 g/mol. The fourth-order valence-electron chi connectivity index (χ4n) is 3.04. The SMILES string of the molecule is CC(C)n1nc(-c2c(-c3cccc(O)c3)nn3ccccc23)ccc1=O. The van der Waals surface area contributed by atoms with E-state index >= 15 is 0 Å². The maximum absolute atomic E-state index is 12.1. The fraction of sp³-hybridized carbons (Fsp3) is 0.150. The highest BCUT2D eigenvalue weighted by Gasteiger charge is 2.19. The van der Waals surface area contributed by atoms with Gasteiger partial charge in [-0.3, -0.25) is 4.79 Å². The summed E-state index contributed by atoms with van der Waals surface area (Å²) in [5.41, 5.74) is 3.72. The first-order valence-electron chi connectivity index (χ1n) is 8.41. The van der Waals surface area contributed by atoms with E-state index in [1.54, 1.807) is 28.8 Å². The molecular formula is C20H18N4O2. The third kappa shape index (κ3) is 2.65. The summed E-state index contributed by atoms with van der Waals surface area (Å²) in [7, 11) is 0. The predicted molar refractivity (Wildman–Crippen MR) is 100 cm³/mol. The van der Waals surface area contributed by atoms with Crippen LogP contribution < -0.4 is 5.56 Å². The summed E-state index contributed by atoms with van der Waals surface area (Å²) in [5.74, 6) is 0.172. The number of rotatable bonds is 3. The Morgan fingerprint density at radius 1 is 1.00 bits per heavy atom. The zero-order chi connectivity index (χ0) is 18.3. The second-order valence-corrected chi connectivity index (χ2v) is 6.40. The van der Waals surface area contributed by atoms with Crippen LogP contribution in [0.25, 0.3) is 28.0 Å². The van der Waals surface area contributed by atoms with Gasteiger partial charge in [0.1, 0.15) is 11.4 Å². The lowest BCUT2D eigenvalue weighted by Gasteiger charge is -2.10. The summed E-state index contributed by atoms with van der Waals surface area (Å²) in [6, 6.07) is 16.0. The van der Waals surface area contributed by atoms with E-state index in [0.29, 0.717) is 11.4 Å². The Kier molecular flexibility index (Phi) is 3.80. The quantitative estimate of drug-likeness (QED) is 0.616. The van der Waals surface area contributed by atoms with E-state index < -0.39 is 0 Å². The van der Waals surface area contributed by atoms with Gasteiger partial charge in [0, 0.05) is 17.8 Å². The summed E-state index contributed by atoms with van der Waals surface area (Å²) < 4.78 is 3.25. The number of fused-ring (bicyclic) bond motifs is 1. The third-order valence-electron chi connectivity index (χ3n) is 4.23. The second-order valence-electron chi connectivity index (χ2n) is 6.40. The molecule has 0 aliphatic carbocycles. The molecule has 3 aromatic heterocycles. The minimum absolute atomic E-state index is 0.0477. The van der Waals surface area contributed by atoms with Crippen molar-refractivity contribution in [2.75, 3.05) is 0 Å². The van der Waals surface area contributed by atoms with E-state index in [-0.39, 0.29) is 17.4 Å². The number of hydrogen-bond acceptors (Lipinski definition) is 4. The van der Waals surface area contributed by atoms with Crippen LogP contribution in [0.4, 0.5) is 0 Å². The van der Waals surface area contributed by atoms with E-state index in [1.165, 1.54) is 10.7 Å². The summed E-state index contributed by atoms with van der Waals surface area (Å²) in [4.78, 5) is 12.1. The van der Waals surface area contributed by atoms with Crippen LogP contribution in [0.15, 0.2) is 65.6 Å². The largest absolute Gasteiger partial charge is 0.508 e. The Bertz CT molecular complexity index is 1160. The normalized spacial score (nSPS) is 11.3. The molecule has 6 heteroatoms. The van der Waals surface area contributed by atoms with Gasteiger partial charge in [-0.25, -0.2) is 9.20 Å². The molecule has 0 bridgehead atoms. The van der Waals surface area contributed by atoms with Gasteiger partial charge >= 0.3 is 0 Å². The van der Waals surface area contributed by atoms with Crippen molar-refractivity contribution in [3.05, 3.63) is 71.1 Å². The zero-order valence-electron chi connectivity index (χ0n) is 14.5. The number of aromatic nitrogens is 4. The number of phenolic OH excluding ortho intramolecular Hbond substituents is 1. The number of pyridine rings is 1. The first kappa shape index (κ1) is 16.1. The highest BCUT2D eigenvalue weighted by molar-refractivity contribution is 5.90. The molecule has 0 saturated heterocycles. The lowest BCUT2D eigenvalue weighted by atomic mass is 10.0.